The predicted molar refractivity (Wildman–Crippen MR) is 65.7 cm³/mol. The van der Waals surface area contributed by atoms with Gasteiger partial charge in [-0.3, -0.25) is 4.79 Å². The first kappa shape index (κ1) is 17.2. The SMILES string of the molecule is CC(C)(C)S(=O)(=O)CC(=O)N1CC[C@](O)(C(F)(F)F)C1. The third kappa shape index (κ3) is 3.25. The summed E-state index contributed by atoms with van der Waals surface area (Å²) in [6.07, 6.45) is -5.48. The monoisotopic (exact) mass is 317 g/mol. The van der Waals surface area contributed by atoms with Crippen LogP contribution in [0.4, 0.5) is 13.2 Å². The number of hydrogen-bond acceptors (Lipinski definition) is 4. The molecule has 0 unspecified atom stereocenters. The van der Waals surface area contributed by atoms with E-state index in [2.05, 4.69) is 0 Å². The molecule has 1 rings (SSSR count). The summed E-state index contributed by atoms with van der Waals surface area (Å²) in [5.41, 5.74) is -2.95. The average molecular weight is 317 g/mol. The van der Waals surface area contributed by atoms with Crippen molar-refractivity contribution in [3.8, 4) is 0 Å². The first-order chi connectivity index (χ1) is 8.70. The van der Waals surface area contributed by atoms with E-state index >= 15 is 0 Å². The first-order valence-electron chi connectivity index (χ1n) is 5.99. The van der Waals surface area contributed by atoms with Crippen LogP contribution in [0.1, 0.15) is 27.2 Å². The van der Waals surface area contributed by atoms with Gasteiger partial charge in [-0.15, -0.1) is 0 Å². The van der Waals surface area contributed by atoms with E-state index in [0.29, 0.717) is 0 Å². The minimum atomic E-state index is -4.84. The molecule has 0 radical (unpaired) electrons. The molecule has 0 spiro atoms. The maximum atomic E-state index is 12.6. The summed E-state index contributed by atoms with van der Waals surface area (Å²) < 4.78 is 60.3. The smallest absolute Gasteiger partial charge is 0.379 e. The highest BCUT2D eigenvalue weighted by atomic mass is 32.2. The lowest BCUT2D eigenvalue weighted by atomic mass is 10.0. The second-order valence-corrected chi connectivity index (χ2v) is 8.71. The number of β-amino-alcohol motifs (C(OH)–C–C–N with tert-alkyl or cyclic N) is 1. The molecule has 0 aromatic heterocycles. The van der Waals surface area contributed by atoms with Gasteiger partial charge >= 0.3 is 6.18 Å². The summed E-state index contributed by atoms with van der Waals surface area (Å²) in [5, 5.41) is 9.44. The third-order valence-corrected chi connectivity index (χ3v) is 5.87. The predicted octanol–water partition coefficient (Wildman–Crippen LogP) is 0.725. The van der Waals surface area contributed by atoms with E-state index in [1.54, 1.807) is 0 Å². The summed E-state index contributed by atoms with van der Waals surface area (Å²) in [6.45, 7) is 2.99. The summed E-state index contributed by atoms with van der Waals surface area (Å²) in [6, 6.07) is 0. The normalized spacial score (nSPS) is 25.1. The fraction of sp³-hybridized carbons (Fsp3) is 0.909. The van der Waals surface area contributed by atoms with E-state index in [1.807, 2.05) is 0 Å². The number of nitrogens with zero attached hydrogens (tertiary/aromatic N) is 1. The van der Waals surface area contributed by atoms with Gasteiger partial charge in [0.05, 0.1) is 11.3 Å². The lowest BCUT2D eigenvalue weighted by molar-refractivity contribution is -0.253. The second-order valence-electron chi connectivity index (χ2n) is 5.97. The Hall–Kier alpha value is -0.830. The number of rotatable bonds is 2. The molecule has 9 heteroatoms. The molecule has 118 valence electrons. The Kier molecular flexibility index (Phi) is 4.19. The van der Waals surface area contributed by atoms with E-state index in [4.69, 9.17) is 0 Å². The molecule has 1 heterocycles. The Balaban J connectivity index is 2.79. The Labute approximate surface area is 115 Å². The summed E-state index contributed by atoms with van der Waals surface area (Å²) in [5.74, 6) is -1.77. The molecule has 0 bridgehead atoms. The van der Waals surface area contributed by atoms with Crippen molar-refractivity contribution in [2.24, 2.45) is 0 Å². The standard InChI is InChI=1S/C11H18F3NO4S/c1-9(2,3)20(18,19)6-8(16)15-5-4-10(17,7-15)11(12,13)14/h17H,4-7H2,1-3H3/t10-/m1/s1. The van der Waals surface area contributed by atoms with Crippen LogP contribution >= 0.6 is 0 Å². The van der Waals surface area contributed by atoms with Crippen LogP contribution in [-0.4, -0.2) is 59.7 Å². The fourth-order valence-electron chi connectivity index (χ4n) is 1.71. The molecule has 1 aliphatic rings. The Morgan fingerprint density at radius 2 is 1.80 bits per heavy atom. The Morgan fingerprint density at radius 1 is 1.30 bits per heavy atom. The number of carbonyl (C=O) groups is 1. The van der Waals surface area contributed by atoms with E-state index in [1.165, 1.54) is 20.8 Å². The minimum absolute atomic E-state index is 0.311. The highest BCUT2D eigenvalue weighted by Crippen LogP contribution is 2.37. The Bertz CT molecular complexity index is 495. The van der Waals surface area contributed by atoms with Gasteiger partial charge in [0, 0.05) is 13.0 Å². The molecule has 0 aromatic carbocycles. The van der Waals surface area contributed by atoms with Gasteiger partial charge in [-0.05, 0) is 20.8 Å². The zero-order chi connectivity index (χ0) is 16.0. The van der Waals surface area contributed by atoms with Crippen LogP contribution < -0.4 is 0 Å². The molecule has 0 saturated carbocycles. The number of hydrogen-bond donors (Lipinski definition) is 1. The van der Waals surface area contributed by atoms with Gasteiger partial charge in [-0.25, -0.2) is 8.42 Å². The molecular formula is C11H18F3NO4S. The number of amides is 1. The van der Waals surface area contributed by atoms with Gasteiger partial charge in [0.1, 0.15) is 5.75 Å². The molecule has 0 aliphatic carbocycles. The van der Waals surface area contributed by atoms with Crippen LogP contribution in [0.2, 0.25) is 0 Å². The number of carbonyl (C=O) groups excluding carboxylic acids is 1. The van der Waals surface area contributed by atoms with Crippen molar-refractivity contribution < 1.29 is 31.5 Å². The average Bonchev–Trinajstić information content (AvgIpc) is 2.59. The molecule has 1 aliphatic heterocycles. The molecule has 1 amide bonds. The molecular weight excluding hydrogens is 299 g/mol. The number of halogens is 3. The number of aliphatic hydroxyl groups is 1. The van der Waals surface area contributed by atoms with Crippen LogP contribution in [0.3, 0.4) is 0 Å². The van der Waals surface area contributed by atoms with Gasteiger partial charge in [0.25, 0.3) is 0 Å². The first-order valence-corrected chi connectivity index (χ1v) is 7.64. The van der Waals surface area contributed by atoms with E-state index in [9.17, 15) is 31.5 Å². The van der Waals surface area contributed by atoms with Crippen LogP contribution in [0.5, 0.6) is 0 Å². The second kappa shape index (κ2) is 4.87. The van der Waals surface area contributed by atoms with Crippen molar-refractivity contribution in [1.82, 2.24) is 4.90 Å². The molecule has 1 fully saturated rings. The zero-order valence-corrected chi connectivity index (χ0v) is 12.3. The van der Waals surface area contributed by atoms with Crippen molar-refractivity contribution >= 4 is 15.7 Å². The lowest BCUT2D eigenvalue weighted by Gasteiger charge is -2.26. The van der Waals surface area contributed by atoms with Crippen LogP contribution in [0.15, 0.2) is 0 Å². The van der Waals surface area contributed by atoms with Crippen molar-refractivity contribution in [3.05, 3.63) is 0 Å². The van der Waals surface area contributed by atoms with Crippen molar-refractivity contribution in [1.29, 1.82) is 0 Å². The van der Waals surface area contributed by atoms with Crippen molar-refractivity contribution in [2.75, 3.05) is 18.8 Å². The highest BCUT2D eigenvalue weighted by Gasteiger charge is 2.58. The molecule has 0 aromatic rings. The molecule has 1 saturated heterocycles. The molecule has 5 nitrogen and oxygen atoms in total. The van der Waals surface area contributed by atoms with Crippen molar-refractivity contribution in [3.63, 3.8) is 0 Å². The van der Waals surface area contributed by atoms with Gasteiger partial charge < -0.3 is 10.0 Å². The van der Waals surface area contributed by atoms with Gasteiger partial charge in [-0.2, -0.15) is 13.2 Å². The number of alkyl halides is 3. The van der Waals surface area contributed by atoms with Crippen LogP contribution in [-0.2, 0) is 14.6 Å². The maximum Gasteiger partial charge on any atom is 0.419 e. The van der Waals surface area contributed by atoms with Crippen LogP contribution in [0.25, 0.3) is 0 Å². The molecule has 1 N–H and O–H groups in total. The van der Waals surface area contributed by atoms with E-state index < -0.39 is 51.0 Å². The number of sulfone groups is 1. The molecule has 1 atom stereocenters. The van der Waals surface area contributed by atoms with E-state index in [-0.39, 0.29) is 6.54 Å². The number of likely N-dealkylation sites (tertiary alicyclic amines) is 1. The summed E-state index contributed by atoms with van der Waals surface area (Å²) >= 11 is 0. The topological polar surface area (TPSA) is 74.7 Å². The van der Waals surface area contributed by atoms with Gasteiger partial charge in [-0.1, -0.05) is 0 Å². The largest absolute Gasteiger partial charge is 0.419 e. The summed E-state index contributed by atoms with van der Waals surface area (Å²) in [4.78, 5) is 12.5. The van der Waals surface area contributed by atoms with Gasteiger partial charge in [0.15, 0.2) is 15.4 Å². The van der Waals surface area contributed by atoms with Crippen LogP contribution in [0, 0.1) is 0 Å². The minimum Gasteiger partial charge on any atom is -0.379 e. The van der Waals surface area contributed by atoms with Gasteiger partial charge in [0.2, 0.25) is 5.91 Å². The Morgan fingerprint density at radius 3 is 2.15 bits per heavy atom. The maximum absolute atomic E-state index is 12.6. The zero-order valence-electron chi connectivity index (χ0n) is 11.5. The fourth-order valence-corrected chi connectivity index (χ4v) is 2.65. The highest BCUT2D eigenvalue weighted by molar-refractivity contribution is 7.93. The van der Waals surface area contributed by atoms with E-state index in [0.717, 1.165) is 4.90 Å². The van der Waals surface area contributed by atoms with Crippen molar-refractivity contribution in [2.45, 2.75) is 43.7 Å². The third-order valence-electron chi connectivity index (χ3n) is 3.37. The summed E-state index contributed by atoms with van der Waals surface area (Å²) in [7, 11) is -3.76. The quantitative estimate of drug-likeness (QED) is 0.814. The molecule has 20 heavy (non-hydrogen) atoms. The lowest BCUT2D eigenvalue weighted by Crippen LogP contribution is -2.49.